The molecule has 182 valence electrons. The number of rotatable bonds is 3. The number of carbonyl (C=O) groups excluding carboxylic acids is 3. The first-order valence-electron chi connectivity index (χ1n) is 11.8. The van der Waals surface area contributed by atoms with Gasteiger partial charge in [0.1, 0.15) is 5.60 Å². The van der Waals surface area contributed by atoms with Gasteiger partial charge in [-0.25, -0.2) is 9.59 Å². The fourth-order valence-corrected chi connectivity index (χ4v) is 5.30. The second-order valence-electron chi connectivity index (χ2n) is 10.9. The Labute approximate surface area is 198 Å². The Bertz CT molecular complexity index is 1160. The van der Waals surface area contributed by atoms with Gasteiger partial charge in [0.15, 0.2) is 5.82 Å². The van der Waals surface area contributed by atoms with Crippen molar-refractivity contribution in [3.63, 3.8) is 0 Å². The van der Waals surface area contributed by atoms with Gasteiger partial charge in [0.05, 0.1) is 5.52 Å². The highest BCUT2D eigenvalue weighted by atomic mass is 16.6. The van der Waals surface area contributed by atoms with E-state index in [1.165, 1.54) is 10.5 Å². The summed E-state index contributed by atoms with van der Waals surface area (Å²) in [5.41, 5.74) is 1.82. The van der Waals surface area contributed by atoms with Crippen LogP contribution in [0.25, 0.3) is 10.9 Å². The summed E-state index contributed by atoms with van der Waals surface area (Å²) in [7, 11) is 1.87. The van der Waals surface area contributed by atoms with Crippen molar-refractivity contribution >= 4 is 34.8 Å². The van der Waals surface area contributed by atoms with E-state index in [4.69, 9.17) is 4.74 Å². The summed E-state index contributed by atoms with van der Waals surface area (Å²) >= 11 is 0. The van der Waals surface area contributed by atoms with Crippen molar-refractivity contribution in [3.05, 3.63) is 23.8 Å². The fraction of sp³-hybridized carbons (Fsp3) is 0.583. The minimum Gasteiger partial charge on any atom is -0.444 e. The molecule has 2 aromatic rings. The number of imide groups is 1. The molecular formula is C24H32N6O4. The third-order valence-corrected chi connectivity index (χ3v) is 6.82. The number of urea groups is 1. The predicted octanol–water partition coefficient (Wildman–Crippen LogP) is 2.46. The number of nitrogens with one attached hydrogen (secondary N) is 1. The van der Waals surface area contributed by atoms with Gasteiger partial charge >= 0.3 is 12.1 Å². The maximum absolute atomic E-state index is 12.4. The molecule has 4 amide bonds. The quantitative estimate of drug-likeness (QED) is 0.743. The molecular weight excluding hydrogens is 436 g/mol. The van der Waals surface area contributed by atoms with Crippen molar-refractivity contribution in [2.75, 3.05) is 37.6 Å². The van der Waals surface area contributed by atoms with E-state index in [2.05, 4.69) is 27.4 Å². The Morgan fingerprint density at radius 3 is 2.65 bits per heavy atom. The Kier molecular flexibility index (Phi) is 5.31. The standard InChI is InChI=1S/C24H32N6O4/c1-23(2,3)34-22(33)29-10-8-24(15-29)13-28(14-24)12-16-5-6-17-18(11-16)27(4)26-20(17)30-9-7-19(31)25-21(30)32/h5-6,11H,7-10,12-15H2,1-4H3,(H,25,31,32). The number of anilines is 1. The largest absolute Gasteiger partial charge is 0.444 e. The molecule has 3 aliphatic heterocycles. The van der Waals surface area contributed by atoms with Crippen LogP contribution in [0.2, 0.25) is 0 Å². The maximum atomic E-state index is 12.4. The average molecular weight is 469 g/mol. The van der Waals surface area contributed by atoms with E-state index in [9.17, 15) is 14.4 Å². The molecule has 5 rings (SSSR count). The lowest BCUT2D eigenvalue weighted by Gasteiger charge is -2.48. The lowest BCUT2D eigenvalue weighted by Crippen LogP contribution is -2.57. The van der Waals surface area contributed by atoms with Crippen LogP contribution in [0.3, 0.4) is 0 Å². The highest BCUT2D eigenvalue weighted by molar-refractivity contribution is 6.08. The molecule has 1 aromatic heterocycles. The number of aryl methyl sites for hydroxylation is 1. The monoisotopic (exact) mass is 468 g/mol. The van der Waals surface area contributed by atoms with E-state index in [1.807, 2.05) is 38.8 Å². The topological polar surface area (TPSA) is 100 Å². The molecule has 3 fully saturated rings. The van der Waals surface area contributed by atoms with Gasteiger partial charge in [-0.15, -0.1) is 0 Å². The lowest BCUT2D eigenvalue weighted by molar-refractivity contribution is -0.120. The second kappa shape index (κ2) is 7.97. The third kappa shape index (κ3) is 4.22. The molecule has 3 saturated heterocycles. The zero-order valence-corrected chi connectivity index (χ0v) is 20.3. The number of benzene rings is 1. The van der Waals surface area contributed by atoms with Crippen LogP contribution in [0.5, 0.6) is 0 Å². The van der Waals surface area contributed by atoms with Gasteiger partial charge < -0.3 is 9.64 Å². The van der Waals surface area contributed by atoms with Crippen LogP contribution in [0.15, 0.2) is 18.2 Å². The summed E-state index contributed by atoms with van der Waals surface area (Å²) in [6.07, 6.45) is 1.06. The SMILES string of the molecule is Cn1nc(N2CCC(=O)NC2=O)c2ccc(CN3CC4(CCN(C(=O)OC(C)(C)C)C4)C3)cc21. The number of fused-ring (bicyclic) bond motifs is 1. The van der Waals surface area contributed by atoms with E-state index >= 15 is 0 Å². The van der Waals surface area contributed by atoms with Crippen molar-refractivity contribution in [1.29, 1.82) is 0 Å². The first-order chi connectivity index (χ1) is 16.0. The highest BCUT2D eigenvalue weighted by Crippen LogP contribution is 2.41. The van der Waals surface area contributed by atoms with Crippen molar-refractivity contribution in [1.82, 2.24) is 24.9 Å². The summed E-state index contributed by atoms with van der Waals surface area (Å²) in [5.74, 6) is 0.317. The van der Waals surface area contributed by atoms with Crippen LogP contribution in [0.4, 0.5) is 15.4 Å². The Morgan fingerprint density at radius 1 is 1.18 bits per heavy atom. The number of hydrogen-bond acceptors (Lipinski definition) is 6. The van der Waals surface area contributed by atoms with Crippen LogP contribution in [-0.2, 0) is 23.1 Å². The number of nitrogens with zero attached hydrogens (tertiary/aromatic N) is 5. The molecule has 34 heavy (non-hydrogen) atoms. The normalized spacial score (nSPS) is 20.7. The molecule has 0 atom stereocenters. The predicted molar refractivity (Wildman–Crippen MR) is 126 cm³/mol. The van der Waals surface area contributed by atoms with Crippen LogP contribution < -0.4 is 10.2 Å². The van der Waals surface area contributed by atoms with E-state index in [-0.39, 0.29) is 23.8 Å². The number of carbonyl (C=O) groups is 3. The van der Waals surface area contributed by atoms with Crippen molar-refractivity contribution < 1.29 is 19.1 Å². The van der Waals surface area contributed by atoms with Gasteiger partial charge in [-0.2, -0.15) is 5.10 Å². The molecule has 1 N–H and O–H groups in total. The smallest absolute Gasteiger partial charge is 0.410 e. The second-order valence-corrected chi connectivity index (χ2v) is 10.9. The molecule has 1 spiro atoms. The van der Waals surface area contributed by atoms with Crippen molar-refractivity contribution in [2.24, 2.45) is 12.5 Å². The molecule has 10 nitrogen and oxygen atoms in total. The zero-order valence-electron chi connectivity index (χ0n) is 20.3. The van der Waals surface area contributed by atoms with Crippen molar-refractivity contribution in [3.8, 4) is 0 Å². The summed E-state index contributed by atoms with van der Waals surface area (Å²) in [4.78, 5) is 41.9. The lowest BCUT2D eigenvalue weighted by atomic mass is 9.79. The zero-order chi connectivity index (χ0) is 24.3. The van der Waals surface area contributed by atoms with Crippen LogP contribution in [-0.4, -0.2) is 75.9 Å². The number of hydrogen-bond donors (Lipinski definition) is 1. The summed E-state index contributed by atoms with van der Waals surface area (Å²) in [6, 6.07) is 5.77. The van der Waals surface area contributed by atoms with Gasteiger partial charge in [-0.1, -0.05) is 6.07 Å². The van der Waals surface area contributed by atoms with Crippen LogP contribution in [0.1, 0.15) is 39.2 Å². The van der Waals surface area contributed by atoms with E-state index in [0.29, 0.717) is 12.4 Å². The van der Waals surface area contributed by atoms with Crippen LogP contribution >= 0.6 is 0 Å². The first kappa shape index (κ1) is 22.6. The maximum Gasteiger partial charge on any atom is 0.410 e. The van der Waals surface area contributed by atoms with Gasteiger partial charge in [0, 0.05) is 63.5 Å². The number of amides is 4. The Morgan fingerprint density at radius 2 is 1.94 bits per heavy atom. The van der Waals surface area contributed by atoms with Gasteiger partial charge in [-0.05, 0) is 44.9 Å². The number of ether oxygens (including phenoxy) is 1. The van der Waals surface area contributed by atoms with E-state index in [1.54, 1.807) is 4.68 Å². The molecule has 0 aliphatic carbocycles. The molecule has 0 saturated carbocycles. The van der Waals surface area contributed by atoms with Crippen LogP contribution in [0, 0.1) is 5.41 Å². The van der Waals surface area contributed by atoms with E-state index < -0.39 is 11.6 Å². The summed E-state index contributed by atoms with van der Waals surface area (Å²) in [5, 5.41) is 7.81. The first-order valence-corrected chi connectivity index (χ1v) is 11.8. The Balaban J connectivity index is 1.22. The average Bonchev–Trinajstić information content (AvgIpc) is 3.29. The number of aromatic nitrogens is 2. The number of likely N-dealkylation sites (tertiary alicyclic amines) is 2. The van der Waals surface area contributed by atoms with Crippen molar-refractivity contribution in [2.45, 2.75) is 45.8 Å². The summed E-state index contributed by atoms with van der Waals surface area (Å²) < 4.78 is 7.32. The van der Waals surface area contributed by atoms with Gasteiger partial charge in [0.2, 0.25) is 5.91 Å². The minimum absolute atomic E-state index is 0.166. The van der Waals surface area contributed by atoms with Gasteiger partial charge in [0.25, 0.3) is 0 Å². The minimum atomic E-state index is -0.474. The summed E-state index contributed by atoms with van der Waals surface area (Å²) in [6.45, 7) is 10.3. The molecule has 10 heteroatoms. The third-order valence-electron chi connectivity index (χ3n) is 6.82. The van der Waals surface area contributed by atoms with Gasteiger partial charge in [-0.3, -0.25) is 24.6 Å². The molecule has 1 aromatic carbocycles. The molecule has 0 unspecified atom stereocenters. The fourth-order valence-electron chi connectivity index (χ4n) is 5.30. The Hall–Kier alpha value is -3.14. The highest BCUT2D eigenvalue weighted by Gasteiger charge is 2.49. The molecule has 3 aliphatic rings. The molecule has 0 bridgehead atoms. The van der Waals surface area contributed by atoms with E-state index in [0.717, 1.165) is 50.0 Å². The molecule has 4 heterocycles. The molecule has 0 radical (unpaired) electrons.